The number of halogens is 1. The zero-order valence-corrected chi connectivity index (χ0v) is 20.3. The van der Waals surface area contributed by atoms with Crippen molar-refractivity contribution in [2.75, 3.05) is 4.90 Å². The van der Waals surface area contributed by atoms with Gasteiger partial charge in [0.05, 0.1) is 32.9 Å². The molecule has 0 saturated carbocycles. The Hall–Kier alpha value is -5.02. The fraction of sp³-hybridized carbons (Fsp3) is 0.0357. The quantitative estimate of drug-likeness (QED) is 0.121. The van der Waals surface area contributed by atoms with Gasteiger partial charge in [-0.15, -0.1) is 0 Å². The minimum absolute atomic E-state index is 0.0651. The van der Waals surface area contributed by atoms with E-state index in [2.05, 4.69) is 0 Å². The van der Waals surface area contributed by atoms with Crippen molar-refractivity contribution in [3.63, 3.8) is 0 Å². The van der Waals surface area contributed by atoms with Crippen molar-refractivity contribution >= 4 is 40.8 Å². The van der Waals surface area contributed by atoms with Crippen molar-refractivity contribution in [2.45, 2.75) is 6.61 Å². The maximum absolute atomic E-state index is 13.4. The molecular formula is C28H17ClN2O7. The second-order valence-corrected chi connectivity index (χ2v) is 8.63. The molecule has 0 atom stereocenters. The molecule has 9 nitrogen and oxygen atoms in total. The van der Waals surface area contributed by atoms with Crippen molar-refractivity contribution in [1.82, 2.24) is 0 Å². The lowest BCUT2D eigenvalue weighted by molar-refractivity contribution is -0.385. The molecule has 0 radical (unpaired) electrons. The Morgan fingerprint density at radius 1 is 0.895 bits per heavy atom. The minimum Gasteiger partial charge on any atom is -0.457 e. The molecule has 0 unspecified atom stereocenters. The first-order valence-electron chi connectivity index (χ1n) is 11.3. The second-order valence-electron chi connectivity index (χ2n) is 8.19. The van der Waals surface area contributed by atoms with Crippen LogP contribution in [0.2, 0.25) is 5.02 Å². The fourth-order valence-electron chi connectivity index (χ4n) is 4.01. The number of ether oxygens (including phenoxy) is 2. The van der Waals surface area contributed by atoms with Crippen LogP contribution in [0.3, 0.4) is 0 Å². The van der Waals surface area contributed by atoms with Crippen LogP contribution in [0, 0.1) is 10.1 Å². The number of anilines is 1. The Kier molecular flexibility index (Phi) is 6.59. The molecule has 0 N–H and O–H groups in total. The Morgan fingerprint density at radius 3 is 2.39 bits per heavy atom. The summed E-state index contributed by atoms with van der Waals surface area (Å²) in [6, 6.07) is 23.0. The highest BCUT2D eigenvalue weighted by molar-refractivity contribution is 6.35. The lowest BCUT2D eigenvalue weighted by Crippen LogP contribution is -2.29. The molecule has 2 amide bonds. The van der Waals surface area contributed by atoms with Crippen molar-refractivity contribution < 1.29 is 28.8 Å². The highest BCUT2D eigenvalue weighted by atomic mass is 35.5. The summed E-state index contributed by atoms with van der Waals surface area (Å²) in [7, 11) is 0. The van der Waals surface area contributed by atoms with E-state index in [1.807, 2.05) is 0 Å². The lowest BCUT2D eigenvalue weighted by Gasteiger charge is -2.15. The summed E-state index contributed by atoms with van der Waals surface area (Å²) >= 11 is 5.92. The van der Waals surface area contributed by atoms with Gasteiger partial charge in [0.1, 0.15) is 18.1 Å². The molecule has 5 rings (SSSR count). The van der Waals surface area contributed by atoms with Crippen molar-refractivity contribution in [3.05, 3.63) is 128 Å². The van der Waals surface area contributed by atoms with E-state index >= 15 is 0 Å². The van der Waals surface area contributed by atoms with E-state index in [1.54, 1.807) is 42.5 Å². The third kappa shape index (κ3) is 4.70. The first-order valence-corrected chi connectivity index (χ1v) is 11.7. The van der Waals surface area contributed by atoms with Crippen molar-refractivity contribution in [3.8, 4) is 11.5 Å². The summed E-state index contributed by atoms with van der Waals surface area (Å²) in [5.74, 6) is -1.32. The van der Waals surface area contributed by atoms with Gasteiger partial charge in [-0.1, -0.05) is 35.9 Å². The topological polar surface area (TPSA) is 116 Å². The molecule has 0 aliphatic carbocycles. The number of benzene rings is 4. The molecular weight excluding hydrogens is 512 g/mol. The van der Waals surface area contributed by atoms with Gasteiger partial charge in [0.25, 0.3) is 17.5 Å². The number of amides is 2. The average Bonchev–Trinajstić information content (AvgIpc) is 3.19. The van der Waals surface area contributed by atoms with Gasteiger partial charge in [-0.25, -0.2) is 9.69 Å². The van der Waals surface area contributed by atoms with Gasteiger partial charge in [0.15, 0.2) is 0 Å². The SMILES string of the molecule is O=C(OCc1ccccc1[N+](=O)[O-])c1cccc(N2C(=O)c3cccc(Oc4ccc(Cl)cc4)c3C2=O)c1. The first-order chi connectivity index (χ1) is 18.3. The van der Waals surface area contributed by atoms with Crippen LogP contribution in [0.15, 0.2) is 91.0 Å². The smallest absolute Gasteiger partial charge is 0.338 e. The predicted molar refractivity (Wildman–Crippen MR) is 138 cm³/mol. The molecule has 1 aliphatic rings. The molecule has 1 aliphatic heterocycles. The number of hydrogen-bond acceptors (Lipinski definition) is 7. The Labute approximate surface area is 220 Å². The predicted octanol–water partition coefficient (Wildman–Crippen LogP) is 6.20. The number of hydrogen-bond donors (Lipinski definition) is 0. The minimum atomic E-state index is -0.770. The number of para-hydroxylation sites is 1. The lowest BCUT2D eigenvalue weighted by atomic mass is 10.1. The highest BCUT2D eigenvalue weighted by Crippen LogP contribution is 2.36. The molecule has 0 fully saturated rings. The molecule has 0 spiro atoms. The molecule has 10 heteroatoms. The maximum Gasteiger partial charge on any atom is 0.338 e. The van der Waals surface area contributed by atoms with E-state index in [4.69, 9.17) is 21.1 Å². The van der Waals surface area contributed by atoms with E-state index in [0.29, 0.717) is 10.8 Å². The van der Waals surface area contributed by atoms with Gasteiger partial charge < -0.3 is 9.47 Å². The number of esters is 1. The molecule has 0 aromatic heterocycles. The number of nitrogens with zero attached hydrogens (tertiary/aromatic N) is 2. The van der Waals surface area contributed by atoms with E-state index in [-0.39, 0.29) is 46.0 Å². The van der Waals surface area contributed by atoms with Crippen molar-refractivity contribution in [2.24, 2.45) is 0 Å². The Morgan fingerprint density at radius 2 is 1.63 bits per heavy atom. The zero-order chi connectivity index (χ0) is 26.8. The largest absolute Gasteiger partial charge is 0.457 e. The third-order valence-corrected chi connectivity index (χ3v) is 6.06. The van der Waals surface area contributed by atoms with Crippen molar-refractivity contribution in [1.29, 1.82) is 0 Å². The Balaban J connectivity index is 1.38. The molecule has 4 aromatic rings. The summed E-state index contributed by atoms with van der Waals surface area (Å²) in [4.78, 5) is 50.9. The van der Waals surface area contributed by atoms with E-state index in [0.717, 1.165) is 4.90 Å². The van der Waals surface area contributed by atoms with Crippen LogP contribution < -0.4 is 9.64 Å². The summed E-state index contributed by atoms with van der Waals surface area (Å²) < 4.78 is 11.1. The van der Waals surface area contributed by atoms with Gasteiger partial charge in [-0.3, -0.25) is 19.7 Å². The maximum atomic E-state index is 13.4. The number of rotatable bonds is 7. The zero-order valence-electron chi connectivity index (χ0n) is 19.5. The van der Waals surface area contributed by atoms with Crippen LogP contribution in [0.25, 0.3) is 0 Å². The number of carbonyl (C=O) groups is 3. The molecule has 1 heterocycles. The van der Waals surface area contributed by atoms with E-state index in [1.165, 1.54) is 48.5 Å². The molecule has 188 valence electrons. The van der Waals surface area contributed by atoms with Crippen LogP contribution in [0.5, 0.6) is 11.5 Å². The summed E-state index contributed by atoms with van der Waals surface area (Å²) in [6.07, 6.45) is 0. The number of nitro benzene ring substituents is 1. The molecule has 4 aromatic carbocycles. The highest BCUT2D eigenvalue weighted by Gasteiger charge is 2.39. The monoisotopic (exact) mass is 528 g/mol. The third-order valence-electron chi connectivity index (χ3n) is 5.81. The summed E-state index contributed by atoms with van der Waals surface area (Å²) in [5, 5.41) is 11.7. The number of carbonyl (C=O) groups excluding carboxylic acids is 3. The first kappa shape index (κ1) is 24.7. The van der Waals surface area contributed by atoms with Gasteiger partial charge in [0, 0.05) is 11.1 Å². The number of nitro groups is 1. The standard InChI is InChI=1S/C28H17ClN2O7/c29-19-11-13-21(14-12-19)38-24-10-4-8-22-25(24)27(33)30(26(22)32)20-7-3-6-17(15-20)28(34)37-16-18-5-1-2-9-23(18)31(35)36/h1-15H,16H2. The van der Waals surface area contributed by atoms with Gasteiger partial charge in [0.2, 0.25) is 0 Å². The van der Waals surface area contributed by atoms with E-state index in [9.17, 15) is 24.5 Å². The fourth-order valence-corrected chi connectivity index (χ4v) is 4.14. The van der Waals surface area contributed by atoms with Gasteiger partial charge >= 0.3 is 5.97 Å². The van der Waals surface area contributed by atoms with Crippen LogP contribution in [0.1, 0.15) is 36.6 Å². The van der Waals surface area contributed by atoms with Gasteiger partial charge in [-0.2, -0.15) is 0 Å². The van der Waals surface area contributed by atoms with Crippen LogP contribution in [0.4, 0.5) is 11.4 Å². The average molecular weight is 529 g/mol. The molecule has 38 heavy (non-hydrogen) atoms. The Bertz CT molecular complexity index is 1600. The number of imide groups is 1. The second kappa shape index (κ2) is 10.2. The molecule has 0 bridgehead atoms. The van der Waals surface area contributed by atoms with Crippen LogP contribution >= 0.6 is 11.6 Å². The van der Waals surface area contributed by atoms with Crippen LogP contribution in [-0.4, -0.2) is 22.7 Å². The van der Waals surface area contributed by atoms with E-state index < -0.39 is 22.7 Å². The normalized spacial score (nSPS) is 12.3. The molecule has 0 saturated heterocycles. The van der Waals surface area contributed by atoms with Crippen LogP contribution in [-0.2, 0) is 11.3 Å². The van der Waals surface area contributed by atoms with Gasteiger partial charge in [-0.05, 0) is 60.7 Å². The summed E-state index contributed by atoms with van der Waals surface area (Å²) in [6.45, 7) is -0.321. The summed E-state index contributed by atoms with van der Waals surface area (Å²) in [5.41, 5.74) is 0.541. The number of fused-ring (bicyclic) bond motifs is 1.